The van der Waals surface area contributed by atoms with Crippen molar-refractivity contribution >= 4 is 21.7 Å². The van der Waals surface area contributed by atoms with E-state index in [4.69, 9.17) is 5.11 Å². The minimum absolute atomic E-state index is 0.0623. The summed E-state index contributed by atoms with van der Waals surface area (Å²) in [6, 6.07) is 5.43. The second-order valence-electron chi connectivity index (χ2n) is 5.19. The maximum absolute atomic E-state index is 12.4. The smallest absolute Gasteiger partial charge is 0.305 e. The molecule has 1 amide bonds. The molecule has 1 aromatic carbocycles. The second kappa shape index (κ2) is 5.85. The first-order chi connectivity index (χ1) is 9.79. The molecule has 2 rings (SSSR count). The van der Waals surface area contributed by atoms with Crippen molar-refractivity contribution in [1.82, 2.24) is 4.90 Å². The van der Waals surface area contributed by atoms with Crippen LogP contribution >= 0.6 is 0 Å². The van der Waals surface area contributed by atoms with Crippen molar-refractivity contribution in [2.45, 2.75) is 30.2 Å². The number of likely N-dealkylation sites (tertiary alicyclic amines) is 1. The van der Waals surface area contributed by atoms with Crippen LogP contribution in [0, 0.1) is 0 Å². The zero-order valence-corrected chi connectivity index (χ0v) is 12.5. The highest BCUT2D eigenvalue weighted by Gasteiger charge is 2.30. The van der Waals surface area contributed by atoms with Gasteiger partial charge in [0.25, 0.3) is 5.91 Å². The number of aliphatic carboxylic acids is 1. The third kappa shape index (κ3) is 3.60. The van der Waals surface area contributed by atoms with Gasteiger partial charge in [0.05, 0.1) is 11.3 Å². The Morgan fingerprint density at radius 1 is 1.29 bits per heavy atom. The van der Waals surface area contributed by atoms with Gasteiger partial charge in [-0.15, -0.1) is 0 Å². The molecule has 6 nitrogen and oxygen atoms in total. The minimum Gasteiger partial charge on any atom is -0.481 e. The molecule has 1 N–H and O–H groups in total. The molecule has 1 aliphatic heterocycles. The molecule has 1 heterocycles. The largest absolute Gasteiger partial charge is 0.481 e. The molecule has 0 aromatic heterocycles. The lowest BCUT2D eigenvalue weighted by atomic mass is 10.1. The van der Waals surface area contributed by atoms with Gasteiger partial charge in [0.2, 0.25) is 0 Å². The first kappa shape index (κ1) is 15.5. The number of amides is 1. The standard InChI is InChI=1S/C14H17NO5S/c1-21(19,20)12-6-4-10(5-7-12)14(18)15-8-2-3-11(15)9-13(16)17/h4-7,11H,2-3,8-9H2,1H3,(H,16,17). The number of hydrogen-bond donors (Lipinski definition) is 1. The van der Waals surface area contributed by atoms with Crippen molar-refractivity contribution in [3.63, 3.8) is 0 Å². The Balaban J connectivity index is 2.18. The number of sulfone groups is 1. The van der Waals surface area contributed by atoms with Crippen LogP contribution in [0.1, 0.15) is 29.6 Å². The highest BCUT2D eigenvalue weighted by Crippen LogP contribution is 2.23. The van der Waals surface area contributed by atoms with Crippen LogP contribution in [0.4, 0.5) is 0 Å². The summed E-state index contributed by atoms with van der Waals surface area (Å²) in [5.41, 5.74) is 0.375. The Labute approximate surface area is 123 Å². The maximum Gasteiger partial charge on any atom is 0.305 e. The average molecular weight is 311 g/mol. The Kier molecular flexibility index (Phi) is 4.32. The van der Waals surface area contributed by atoms with Gasteiger partial charge in [-0.3, -0.25) is 9.59 Å². The zero-order valence-electron chi connectivity index (χ0n) is 11.7. The highest BCUT2D eigenvalue weighted by molar-refractivity contribution is 7.90. The third-order valence-corrected chi connectivity index (χ3v) is 4.71. The summed E-state index contributed by atoms with van der Waals surface area (Å²) >= 11 is 0. The number of carboxylic acids is 1. The molecule has 21 heavy (non-hydrogen) atoms. The van der Waals surface area contributed by atoms with E-state index in [-0.39, 0.29) is 23.3 Å². The summed E-state index contributed by atoms with van der Waals surface area (Å²) in [6.07, 6.45) is 2.50. The monoisotopic (exact) mass is 311 g/mol. The van der Waals surface area contributed by atoms with E-state index in [0.29, 0.717) is 18.5 Å². The van der Waals surface area contributed by atoms with Gasteiger partial charge in [0.15, 0.2) is 9.84 Å². The van der Waals surface area contributed by atoms with E-state index >= 15 is 0 Å². The summed E-state index contributed by atoms with van der Waals surface area (Å²) < 4.78 is 22.8. The first-order valence-corrected chi connectivity index (χ1v) is 8.51. The summed E-state index contributed by atoms with van der Waals surface area (Å²) in [5.74, 6) is -1.18. The summed E-state index contributed by atoms with van der Waals surface area (Å²) in [7, 11) is -3.29. The van der Waals surface area contributed by atoms with Crippen LogP contribution in [0.3, 0.4) is 0 Å². The molecule has 0 saturated carbocycles. The molecule has 0 radical (unpaired) electrons. The Hall–Kier alpha value is -1.89. The van der Waals surface area contributed by atoms with Crippen LogP contribution in [-0.4, -0.2) is 49.1 Å². The van der Waals surface area contributed by atoms with Gasteiger partial charge in [0, 0.05) is 24.4 Å². The number of carbonyl (C=O) groups excluding carboxylic acids is 1. The van der Waals surface area contributed by atoms with E-state index in [1.165, 1.54) is 24.3 Å². The molecule has 1 aliphatic rings. The fourth-order valence-corrected chi connectivity index (χ4v) is 3.16. The fourth-order valence-electron chi connectivity index (χ4n) is 2.53. The predicted molar refractivity (Wildman–Crippen MR) is 75.9 cm³/mol. The number of nitrogens with zero attached hydrogens (tertiary/aromatic N) is 1. The Morgan fingerprint density at radius 2 is 1.90 bits per heavy atom. The molecule has 7 heteroatoms. The van der Waals surface area contributed by atoms with E-state index in [0.717, 1.165) is 12.7 Å². The summed E-state index contributed by atoms with van der Waals surface area (Å²) in [5, 5.41) is 8.87. The van der Waals surface area contributed by atoms with Crippen molar-refractivity contribution in [2.75, 3.05) is 12.8 Å². The molecule has 0 bridgehead atoms. The molecule has 0 aliphatic carbocycles. The lowest BCUT2D eigenvalue weighted by molar-refractivity contribution is -0.137. The quantitative estimate of drug-likeness (QED) is 0.901. The van der Waals surface area contributed by atoms with E-state index in [2.05, 4.69) is 0 Å². The number of carbonyl (C=O) groups is 2. The lowest BCUT2D eigenvalue weighted by Crippen LogP contribution is -2.36. The lowest BCUT2D eigenvalue weighted by Gasteiger charge is -2.23. The van der Waals surface area contributed by atoms with E-state index < -0.39 is 15.8 Å². The average Bonchev–Trinajstić information content (AvgIpc) is 2.84. The number of hydrogen-bond acceptors (Lipinski definition) is 4. The van der Waals surface area contributed by atoms with E-state index in [1.807, 2.05) is 0 Å². The van der Waals surface area contributed by atoms with Crippen LogP contribution in [0.15, 0.2) is 29.2 Å². The number of benzene rings is 1. The van der Waals surface area contributed by atoms with Crippen LogP contribution in [0.2, 0.25) is 0 Å². The van der Waals surface area contributed by atoms with Crippen molar-refractivity contribution in [1.29, 1.82) is 0 Å². The molecular weight excluding hydrogens is 294 g/mol. The van der Waals surface area contributed by atoms with Gasteiger partial charge in [0.1, 0.15) is 0 Å². The first-order valence-electron chi connectivity index (χ1n) is 6.62. The number of rotatable bonds is 4. The zero-order chi connectivity index (χ0) is 15.6. The van der Waals surface area contributed by atoms with Gasteiger partial charge in [-0.25, -0.2) is 8.42 Å². The van der Waals surface area contributed by atoms with Crippen LogP contribution in [-0.2, 0) is 14.6 Å². The molecule has 1 fully saturated rings. The van der Waals surface area contributed by atoms with Crippen molar-refractivity contribution in [3.05, 3.63) is 29.8 Å². The van der Waals surface area contributed by atoms with Crippen molar-refractivity contribution in [2.24, 2.45) is 0 Å². The van der Waals surface area contributed by atoms with Gasteiger partial charge in [-0.1, -0.05) is 0 Å². The predicted octanol–water partition coefficient (Wildman–Crippen LogP) is 1.17. The topological polar surface area (TPSA) is 91.8 Å². The van der Waals surface area contributed by atoms with Crippen LogP contribution in [0.5, 0.6) is 0 Å². The SMILES string of the molecule is CS(=O)(=O)c1ccc(C(=O)N2CCCC2CC(=O)O)cc1. The van der Waals surface area contributed by atoms with Crippen molar-refractivity contribution in [3.8, 4) is 0 Å². The second-order valence-corrected chi connectivity index (χ2v) is 7.20. The molecule has 1 aromatic rings. The van der Waals surface area contributed by atoms with Crippen LogP contribution in [0.25, 0.3) is 0 Å². The minimum atomic E-state index is -3.29. The Morgan fingerprint density at radius 3 is 2.43 bits per heavy atom. The van der Waals surface area contributed by atoms with E-state index in [9.17, 15) is 18.0 Å². The number of carboxylic acid groups (broad SMARTS) is 1. The molecule has 1 atom stereocenters. The molecule has 1 saturated heterocycles. The molecular formula is C14H17NO5S. The maximum atomic E-state index is 12.4. The normalized spacial score (nSPS) is 18.7. The van der Waals surface area contributed by atoms with Gasteiger partial charge in [-0.05, 0) is 37.1 Å². The van der Waals surface area contributed by atoms with Gasteiger partial charge >= 0.3 is 5.97 Å². The summed E-state index contributed by atoms with van der Waals surface area (Å²) in [4.78, 5) is 24.9. The van der Waals surface area contributed by atoms with Gasteiger partial charge in [-0.2, -0.15) is 0 Å². The molecule has 1 unspecified atom stereocenters. The highest BCUT2D eigenvalue weighted by atomic mass is 32.2. The Bertz CT molecular complexity index is 650. The van der Waals surface area contributed by atoms with E-state index in [1.54, 1.807) is 4.90 Å². The molecule has 0 spiro atoms. The van der Waals surface area contributed by atoms with Gasteiger partial charge < -0.3 is 10.0 Å². The fraction of sp³-hybridized carbons (Fsp3) is 0.429. The molecule has 114 valence electrons. The summed E-state index contributed by atoms with van der Waals surface area (Å²) in [6.45, 7) is 0.532. The third-order valence-electron chi connectivity index (χ3n) is 3.58. The van der Waals surface area contributed by atoms with Crippen molar-refractivity contribution < 1.29 is 23.1 Å². The van der Waals surface area contributed by atoms with Crippen LogP contribution < -0.4 is 0 Å².